The number of benzene rings is 1. The molecule has 0 radical (unpaired) electrons. The van der Waals surface area contributed by atoms with Crippen LogP contribution in [0.25, 0.3) is 0 Å². The van der Waals surface area contributed by atoms with E-state index in [1.807, 2.05) is 18.2 Å². The average molecular weight is 340 g/mol. The van der Waals surface area contributed by atoms with Crippen molar-refractivity contribution >= 4 is 27.4 Å². The van der Waals surface area contributed by atoms with Crippen LogP contribution in [0.2, 0.25) is 0 Å². The number of halogens is 1. The zero-order valence-electron chi connectivity index (χ0n) is 12.2. The van der Waals surface area contributed by atoms with Crippen molar-refractivity contribution in [1.29, 1.82) is 0 Å². The largest absolute Gasteiger partial charge is 0.376 e. The predicted octanol–water partition coefficient (Wildman–Crippen LogP) is 4.05. The summed E-state index contributed by atoms with van der Waals surface area (Å²) in [6.45, 7) is 6.54. The predicted molar refractivity (Wildman–Crippen MR) is 85.6 cm³/mol. The molecule has 1 atom stereocenters. The molecule has 0 aromatic heterocycles. The van der Waals surface area contributed by atoms with Crippen molar-refractivity contribution in [2.45, 2.75) is 39.2 Å². The number of nitrogens with zero attached hydrogens (tertiary/aromatic N) is 1. The fourth-order valence-electron chi connectivity index (χ4n) is 2.56. The van der Waals surface area contributed by atoms with Gasteiger partial charge in [0.1, 0.15) is 0 Å². The molecule has 0 spiro atoms. The Balaban J connectivity index is 2.08. The van der Waals surface area contributed by atoms with Crippen LogP contribution in [0.3, 0.4) is 0 Å². The number of Topliss-reactive ketones (excluding diaryl/α,β-unsaturated/α-hetero) is 1. The lowest BCUT2D eigenvalue weighted by molar-refractivity contribution is 0.0440. The van der Waals surface area contributed by atoms with Crippen molar-refractivity contribution in [3.05, 3.63) is 28.2 Å². The second kappa shape index (κ2) is 7.23. The summed E-state index contributed by atoms with van der Waals surface area (Å²) >= 11 is 3.59. The highest BCUT2D eigenvalue weighted by molar-refractivity contribution is 9.10. The minimum absolute atomic E-state index is 0.0973. The molecule has 1 unspecified atom stereocenters. The maximum atomic E-state index is 11.4. The zero-order chi connectivity index (χ0) is 14.5. The fraction of sp³-hybridized carbons (Fsp3) is 0.562. The number of ketones is 1. The molecule has 3 nitrogen and oxygen atoms in total. The molecule has 4 heteroatoms. The summed E-state index contributed by atoms with van der Waals surface area (Å²) in [5, 5.41) is 0. The Hall–Kier alpha value is -0.870. The van der Waals surface area contributed by atoms with Gasteiger partial charge in [-0.1, -0.05) is 6.92 Å². The standard InChI is InChI=1S/C16H22BrNO2/c1-3-9-20-14-5-4-8-18(11-14)16-7-6-13(12(2)19)10-15(16)17/h6-7,10,14H,3-5,8-9,11H2,1-2H3. The van der Waals surface area contributed by atoms with Gasteiger partial charge in [-0.15, -0.1) is 0 Å². The Morgan fingerprint density at radius 1 is 1.50 bits per heavy atom. The molecule has 0 aliphatic carbocycles. The van der Waals surface area contributed by atoms with Crippen LogP contribution in [0.5, 0.6) is 0 Å². The monoisotopic (exact) mass is 339 g/mol. The van der Waals surface area contributed by atoms with E-state index >= 15 is 0 Å². The van der Waals surface area contributed by atoms with E-state index < -0.39 is 0 Å². The highest BCUT2D eigenvalue weighted by atomic mass is 79.9. The molecule has 1 aromatic rings. The number of ether oxygens (including phenoxy) is 1. The molecule has 1 heterocycles. The van der Waals surface area contributed by atoms with E-state index in [9.17, 15) is 4.79 Å². The van der Waals surface area contributed by atoms with Crippen molar-refractivity contribution in [2.75, 3.05) is 24.6 Å². The van der Waals surface area contributed by atoms with Crippen LogP contribution in [0.15, 0.2) is 22.7 Å². The number of hydrogen-bond donors (Lipinski definition) is 0. The van der Waals surface area contributed by atoms with Crippen molar-refractivity contribution in [3.63, 3.8) is 0 Å². The Bertz CT molecular complexity index is 476. The molecule has 20 heavy (non-hydrogen) atoms. The van der Waals surface area contributed by atoms with Gasteiger partial charge in [-0.05, 0) is 60.3 Å². The first-order valence-corrected chi connectivity index (χ1v) is 8.08. The third kappa shape index (κ3) is 3.83. The molecule has 0 amide bonds. The van der Waals surface area contributed by atoms with E-state index in [1.165, 1.54) is 0 Å². The maximum absolute atomic E-state index is 11.4. The van der Waals surface area contributed by atoms with E-state index in [4.69, 9.17) is 4.74 Å². The van der Waals surface area contributed by atoms with Gasteiger partial charge in [0.15, 0.2) is 5.78 Å². The van der Waals surface area contributed by atoms with Gasteiger partial charge < -0.3 is 9.64 Å². The van der Waals surface area contributed by atoms with Gasteiger partial charge in [-0.2, -0.15) is 0 Å². The van der Waals surface area contributed by atoms with E-state index in [-0.39, 0.29) is 5.78 Å². The first-order chi connectivity index (χ1) is 9.61. The first-order valence-electron chi connectivity index (χ1n) is 7.29. The van der Waals surface area contributed by atoms with Crippen LogP contribution in [0, 0.1) is 0 Å². The number of hydrogen-bond acceptors (Lipinski definition) is 3. The maximum Gasteiger partial charge on any atom is 0.159 e. The van der Waals surface area contributed by atoms with E-state index in [1.54, 1.807) is 6.92 Å². The second-order valence-corrected chi connectivity index (χ2v) is 6.16. The molecule has 0 bridgehead atoms. The van der Waals surface area contributed by atoms with Crippen LogP contribution in [-0.4, -0.2) is 31.6 Å². The molecule has 1 aliphatic heterocycles. The number of piperidine rings is 1. The summed E-state index contributed by atoms with van der Waals surface area (Å²) in [6.07, 6.45) is 3.67. The molecular weight excluding hydrogens is 318 g/mol. The number of carbonyl (C=O) groups excluding carboxylic acids is 1. The van der Waals surface area contributed by atoms with Crippen molar-refractivity contribution in [1.82, 2.24) is 0 Å². The highest BCUT2D eigenvalue weighted by Gasteiger charge is 2.22. The Morgan fingerprint density at radius 2 is 2.30 bits per heavy atom. The summed E-state index contributed by atoms with van der Waals surface area (Å²) < 4.78 is 6.86. The van der Waals surface area contributed by atoms with Crippen LogP contribution in [-0.2, 0) is 4.74 Å². The van der Waals surface area contributed by atoms with Crippen LogP contribution in [0.4, 0.5) is 5.69 Å². The van der Waals surface area contributed by atoms with Crippen molar-refractivity contribution in [2.24, 2.45) is 0 Å². The average Bonchev–Trinajstić information content (AvgIpc) is 2.45. The Morgan fingerprint density at radius 3 is 2.95 bits per heavy atom. The SMILES string of the molecule is CCCOC1CCCN(c2ccc(C(C)=O)cc2Br)C1. The lowest BCUT2D eigenvalue weighted by Crippen LogP contribution is -2.40. The molecular formula is C16H22BrNO2. The van der Waals surface area contributed by atoms with Gasteiger partial charge in [-0.3, -0.25) is 4.79 Å². The van der Waals surface area contributed by atoms with Crippen molar-refractivity contribution in [3.8, 4) is 0 Å². The lowest BCUT2D eigenvalue weighted by Gasteiger charge is -2.35. The minimum Gasteiger partial charge on any atom is -0.376 e. The minimum atomic E-state index is 0.0973. The molecule has 1 fully saturated rings. The smallest absolute Gasteiger partial charge is 0.159 e. The van der Waals surface area contributed by atoms with Gasteiger partial charge >= 0.3 is 0 Å². The molecule has 2 rings (SSSR count). The zero-order valence-corrected chi connectivity index (χ0v) is 13.8. The quantitative estimate of drug-likeness (QED) is 0.758. The molecule has 0 saturated carbocycles. The fourth-order valence-corrected chi connectivity index (χ4v) is 3.19. The summed E-state index contributed by atoms with van der Waals surface area (Å²) in [4.78, 5) is 13.7. The van der Waals surface area contributed by atoms with Crippen LogP contribution < -0.4 is 4.90 Å². The number of rotatable bonds is 5. The first kappa shape index (κ1) is 15.5. The summed E-state index contributed by atoms with van der Waals surface area (Å²) in [7, 11) is 0. The van der Waals surface area contributed by atoms with Crippen LogP contribution in [0.1, 0.15) is 43.5 Å². The number of anilines is 1. The van der Waals surface area contributed by atoms with Gasteiger partial charge in [0.2, 0.25) is 0 Å². The van der Waals surface area contributed by atoms with E-state index in [2.05, 4.69) is 27.8 Å². The summed E-state index contributed by atoms with van der Waals surface area (Å²) in [5.41, 5.74) is 1.90. The number of carbonyl (C=O) groups is 1. The van der Waals surface area contributed by atoms with Gasteiger partial charge in [-0.25, -0.2) is 0 Å². The third-order valence-corrected chi connectivity index (χ3v) is 4.27. The molecule has 110 valence electrons. The molecule has 1 saturated heterocycles. The highest BCUT2D eigenvalue weighted by Crippen LogP contribution is 2.30. The second-order valence-electron chi connectivity index (χ2n) is 5.30. The molecule has 1 aromatic carbocycles. The van der Waals surface area contributed by atoms with E-state index in [0.717, 1.165) is 54.7 Å². The van der Waals surface area contributed by atoms with Crippen LogP contribution >= 0.6 is 15.9 Å². The Kier molecular flexibility index (Phi) is 5.61. The topological polar surface area (TPSA) is 29.5 Å². The summed E-state index contributed by atoms with van der Waals surface area (Å²) in [6, 6.07) is 5.84. The lowest BCUT2D eigenvalue weighted by atomic mass is 10.1. The van der Waals surface area contributed by atoms with E-state index in [0.29, 0.717) is 6.10 Å². The van der Waals surface area contributed by atoms with Gasteiger partial charge in [0, 0.05) is 29.7 Å². The third-order valence-electron chi connectivity index (χ3n) is 3.63. The summed E-state index contributed by atoms with van der Waals surface area (Å²) in [5.74, 6) is 0.0973. The van der Waals surface area contributed by atoms with Gasteiger partial charge in [0.25, 0.3) is 0 Å². The molecule has 0 N–H and O–H groups in total. The van der Waals surface area contributed by atoms with Gasteiger partial charge in [0.05, 0.1) is 11.8 Å². The van der Waals surface area contributed by atoms with Crippen molar-refractivity contribution < 1.29 is 9.53 Å². The normalized spacial score (nSPS) is 19.1. The Labute approximate surface area is 129 Å². The molecule has 1 aliphatic rings.